The molecule has 1 aliphatic rings. The molecule has 1 aliphatic carbocycles. The number of nitrogens with one attached hydrogen (secondary N) is 1. The van der Waals surface area contributed by atoms with Crippen LogP contribution in [0.5, 0.6) is 0 Å². The predicted molar refractivity (Wildman–Crippen MR) is 109 cm³/mol. The Balaban J connectivity index is 0.00000156. The Kier molecular flexibility index (Phi) is 9.15. The van der Waals surface area contributed by atoms with Crippen molar-refractivity contribution < 1.29 is 0 Å². The predicted octanol–water partition coefficient (Wildman–Crippen LogP) is 2.86. The highest BCUT2D eigenvalue weighted by Crippen LogP contribution is 2.35. The zero-order valence-electron chi connectivity index (χ0n) is 13.8. The van der Waals surface area contributed by atoms with Crippen LogP contribution >= 0.6 is 47.9 Å². The summed E-state index contributed by atoms with van der Waals surface area (Å²) in [4.78, 5) is 8.58. The lowest BCUT2D eigenvalue weighted by Gasteiger charge is -2.32. The van der Waals surface area contributed by atoms with Gasteiger partial charge in [-0.2, -0.15) is 4.98 Å². The van der Waals surface area contributed by atoms with E-state index in [1.807, 2.05) is 13.0 Å². The smallest absolute Gasteiger partial charge is 0.222 e. The quantitative estimate of drug-likeness (QED) is 0.459. The molecule has 0 aliphatic heterocycles. The van der Waals surface area contributed by atoms with Crippen LogP contribution in [0.2, 0.25) is 0 Å². The van der Waals surface area contributed by atoms with Gasteiger partial charge in [-0.05, 0) is 26.2 Å². The molecule has 3 rings (SSSR count). The molecular formula is C14H23Cl2N7S2. The third-order valence-electron chi connectivity index (χ3n) is 3.72. The number of nitrogen functional groups attached to an aromatic ring is 1. The average molecular weight is 424 g/mol. The van der Waals surface area contributed by atoms with Crippen molar-refractivity contribution in [3.63, 3.8) is 0 Å². The van der Waals surface area contributed by atoms with Gasteiger partial charge in [0.2, 0.25) is 5.95 Å². The van der Waals surface area contributed by atoms with Gasteiger partial charge in [0.25, 0.3) is 0 Å². The van der Waals surface area contributed by atoms with E-state index < -0.39 is 0 Å². The molecule has 1 fully saturated rings. The molecule has 0 spiro atoms. The minimum Gasteiger partial charge on any atom is -0.370 e. The Morgan fingerprint density at radius 1 is 1.28 bits per heavy atom. The summed E-state index contributed by atoms with van der Waals surface area (Å²) in [5.41, 5.74) is 12.7. The molecule has 0 amide bonds. The molecule has 1 saturated carbocycles. The Morgan fingerprint density at radius 3 is 2.68 bits per heavy atom. The van der Waals surface area contributed by atoms with E-state index in [0.717, 1.165) is 52.4 Å². The van der Waals surface area contributed by atoms with Gasteiger partial charge in [-0.1, -0.05) is 23.1 Å². The maximum absolute atomic E-state index is 5.84. The summed E-state index contributed by atoms with van der Waals surface area (Å²) in [5, 5.41) is 12.4. The molecule has 7 nitrogen and oxygen atoms in total. The number of rotatable bonds is 7. The molecule has 0 radical (unpaired) electrons. The van der Waals surface area contributed by atoms with Gasteiger partial charge in [0.05, 0.1) is 5.69 Å². The van der Waals surface area contributed by atoms with Crippen LogP contribution in [0, 0.1) is 6.92 Å². The molecule has 0 atom stereocenters. The van der Waals surface area contributed by atoms with Crippen LogP contribution in [0.3, 0.4) is 0 Å². The number of anilines is 2. The molecule has 2 heterocycles. The zero-order chi connectivity index (χ0) is 16.2. The lowest BCUT2D eigenvalue weighted by atomic mass is 9.78. The first-order valence-corrected chi connectivity index (χ1v) is 9.47. The fraction of sp³-hybridized carbons (Fsp3) is 0.571. The van der Waals surface area contributed by atoms with Crippen molar-refractivity contribution in [1.82, 2.24) is 20.2 Å². The third kappa shape index (κ3) is 6.41. The number of hydrogen-bond acceptors (Lipinski definition) is 9. The van der Waals surface area contributed by atoms with Crippen molar-refractivity contribution in [3.05, 3.63) is 16.8 Å². The molecule has 2 aromatic heterocycles. The first-order chi connectivity index (χ1) is 11.1. The second-order valence-corrected chi connectivity index (χ2v) is 8.20. The Labute approximate surface area is 168 Å². The normalized spacial score (nSPS) is 18.6. The molecule has 25 heavy (non-hydrogen) atoms. The van der Waals surface area contributed by atoms with Gasteiger partial charge in [-0.15, -0.1) is 35.0 Å². The Hall–Kier alpha value is -0.870. The fourth-order valence-corrected chi connectivity index (χ4v) is 4.30. The molecule has 140 valence electrons. The molecule has 0 bridgehead atoms. The van der Waals surface area contributed by atoms with E-state index in [1.165, 1.54) is 0 Å². The highest BCUT2D eigenvalue weighted by molar-refractivity contribution is 8.01. The summed E-state index contributed by atoms with van der Waals surface area (Å²) in [6.07, 6.45) is 2.97. The summed E-state index contributed by atoms with van der Waals surface area (Å²) in [6.45, 7) is 2.81. The van der Waals surface area contributed by atoms with Crippen LogP contribution in [0.15, 0.2) is 10.4 Å². The number of aryl methyl sites for hydroxylation is 1. The maximum Gasteiger partial charge on any atom is 0.222 e. The van der Waals surface area contributed by atoms with Gasteiger partial charge in [-0.3, -0.25) is 0 Å². The monoisotopic (exact) mass is 423 g/mol. The zero-order valence-corrected chi connectivity index (χ0v) is 17.1. The van der Waals surface area contributed by atoms with Gasteiger partial charge in [0.1, 0.15) is 10.8 Å². The van der Waals surface area contributed by atoms with E-state index >= 15 is 0 Å². The minimum absolute atomic E-state index is 0. The number of nitrogens with zero attached hydrogens (tertiary/aromatic N) is 4. The number of thioether (sulfide) groups is 1. The van der Waals surface area contributed by atoms with Gasteiger partial charge >= 0.3 is 0 Å². The first-order valence-electron chi connectivity index (χ1n) is 7.67. The fourth-order valence-electron chi connectivity index (χ4n) is 2.47. The van der Waals surface area contributed by atoms with Crippen LogP contribution < -0.4 is 16.8 Å². The number of nitrogens with two attached hydrogens (primary N) is 2. The minimum atomic E-state index is 0. The number of halogens is 2. The van der Waals surface area contributed by atoms with Crippen LogP contribution in [-0.2, 0) is 0 Å². The number of hydrogen-bond donors (Lipinski definition) is 3. The van der Waals surface area contributed by atoms with Gasteiger partial charge < -0.3 is 16.8 Å². The maximum atomic E-state index is 5.84. The molecular weight excluding hydrogens is 401 g/mol. The van der Waals surface area contributed by atoms with Crippen molar-refractivity contribution in [2.24, 2.45) is 5.73 Å². The van der Waals surface area contributed by atoms with E-state index in [-0.39, 0.29) is 24.8 Å². The van der Waals surface area contributed by atoms with E-state index in [1.54, 1.807) is 23.1 Å². The largest absolute Gasteiger partial charge is 0.370 e. The molecule has 2 aromatic rings. The topological polar surface area (TPSA) is 116 Å². The van der Waals surface area contributed by atoms with Crippen molar-refractivity contribution in [1.29, 1.82) is 0 Å². The number of aromatic nitrogens is 4. The SMILES string of the molecule is Cc1nnc(SCCCNc2cc(C3CC(N)C3)nc(N)n2)s1.Cl.Cl. The van der Waals surface area contributed by atoms with E-state index in [2.05, 4.69) is 25.5 Å². The van der Waals surface area contributed by atoms with Crippen LogP contribution in [-0.4, -0.2) is 38.5 Å². The van der Waals surface area contributed by atoms with Crippen molar-refractivity contribution >= 4 is 59.7 Å². The van der Waals surface area contributed by atoms with Crippen LogP contribution in [0.1, 0.15) is 35.9 Å². The van der Waals surface area contributed by atoms with Gasteiger partial charge in [-0.25, -0.2) is 4.98 Å². The first kappa shape index (κ1) is 22.2. The summed E-state index contributed by atoms with van der Waals surface area (Å²) >= 11 is 3.37. The molecule has 5 N–H and O–H groups in total. The summed E-state index contributed by atoms with van der Waals surface area (Å²) < 4.78 is 1.03. The van der Waals surface area contributed by atoms with Crippen molar-refractivity contribution in [3.8, 4) is 0 Å². The molecule has 0 saturated heterocycles. The standard InChI is InChI=1S/C14H21N7S2.2ClH/c1-8-20-21-14(23-8)22-4-2-3-17-12-7-11(18-13(16)19-12)9-5-10(15)6-9;;/h7,9-10H,2-6,15H2,1H3,(H3,16,17,18,19);2*1H. The second kappa shape index (κ2) is 10.3. The lowest BCUT2D eigenvalue weighted by Crippen LogP contribution is -2.35. The second-order valence-electron chi connectivity index (χ2n) is 5.68. The van der Waals surface area contributed by atoms with Crippen LogP contribution in [0.4, 0.5) is 11.8 Å². The Morgan fingerprint density at radius 2 is 2.04 bits per heavy atom. The van der Waals surface area contributed by atoms with E-state index in [9.17, 15) is 0 Å². The molecule has 0 aromatic carbocycles. The highest BCUT2D eigenvalue weighted by Gasteiger charge is 2.29. The lowest BCUT2D eigenvalue weighted by molar-refractivity contribution is 0.345. The van der Waals surface area contributed by atoms with E-state index in [4.69, 9.17) is 11.5 Å². The summed E-state index contributed by atoms with van der Waals surface area (Å²) in [5.74, 6) is 2.54. The molecule has 11 heteroatoms. The van der Waals surface area contributed by atoms with Crippen molar-refractivity contribution in [2.75, 3.05) is 23.3 Å². The van der Waals surface area contributed by atoms with Gasteiger partial charge in [0.15, 0.2) is 4.34 Å². The van der Waals surface area contributed by atoms with Crippen molar-refractivity contribution in [2.45, 2.75) is 42.5 Å². The average Bonchev–Trinajstić information content (AvgIpc) is 2.88. The molecule has 0 unspecified atom stereocenters. The van der Waals surface area contributed by atoms with Gasteiger partial charge in [0, 0.05) is 30.3 Å². The third-order valence-corrected chi connectivity index (χ3v) is 5.77. The Bertz CT molecular complexity index is 664. The van der Waals surface area contributed by atoms with Crippen LogP contribution in [0.25, 0.3) is 0 Å². The highest BCUT2D eigenvalue weighted by atomic mass is 35.5. The summed E-state index contributed by atoms with van der Waals surface area (Å²) in [6, 6.07) is 2.29. The summed E-state index contributed by atoms with van der Waals surface area (Å²) in [7, 11) is 0. The van der Waals surface area contributed by atoms with E-state index in [0.29, 0.717) is 17.9 Å².